The first-order valence-electron chi connectivity index (χ1n) is 9.89. The third-order valence-corrected chi connectivity index (χ3v) is 5.70. The monoisotopic (exact) mass is 450 g/mol. The molecular formula is C24H19FN2O4S. The van der Waals surface area contributed by atoms with E-state index < -0.39 is 11.1 Å². The number of hydrogen-bond acceptors (Lipinski definition) is 5. The molecule has 162 valence electrons. The van der Waals surface area contributed by atoms with E-state index in [1.54, 1.807) is 12.1 Å². The van der Waals surface area contributed by atoms with Gasteiger partial charge in [0.05, 0.1) is 4.91 Å². The molecule has 3 aromatic rings. The highest BCUT2D eigenvalue weighted by Gasteiger charge is 2.34. The lowest BCUT2D eigenvalue weighted by Crippen LogP contribution is -2.38. The Morgan fingerprint density at radius 3 is 2.56 bits per heavy atom. The molecule has 0 aliphatic carbocycles. The highest BCUT2D eigenvalue weighted by molar-refractivity contribution is 8.18. The summed E-state index contributed by atoms with van der Waals surface area (Å²) < 4.78 is 18.6. The van der Waals surface area contributed by atoms with Gasteiger partial charge in [-0.1, -0.05) is 42.5 Å². The quantitative estimate of drug-likeness (QED) is 0.546. The number of ether oxygens (including phenoxy) is 1. The molecule has 1 saturated heterocycles. The summed E-state index contributed by atoms with van der Waals surface area (Å²) in [6.45, 7) is -0.0143. The highest BCUT2D eigenvalue weighted by Crippen LogP contribution is 2.31. The van der Waals surface area contributed by atoms with Crippen molar-refractivity contribution in [2.75, 3.05) is 19.7 Å². The maximum atomic E-state index is 13.0. The molecule has 0 bridgehead atoms. The largest absolute Gasteiger partial charge is 0.484 e. The van der Waals surface area contributed by atoms with Crippen molar-refractivity contribution in [3.63, 3.8) is 0 Å². The van der Waals surface area contributed by atoms with Gasteiger partial charge in [-0.25, -0.2) is 4.39 Å². The number of amides is 3. The number of halogens is 1. The molecule has 0 radical (unpaired) electrons. The summed E-state index contributed by atoms with van der Waals surface area (Å²) in [5.41, 5.74) is 0.621. The van der Waals surface area contributed by atoms with Gasteiger partial charge in [0.15, 0.2) is 6.61 Å². The molecule has 32 heavy (non-hydrogen) atoms. The van der Waals surface area contributed by atoms with Crippen molar-refractivity contribution in [1.82, 2.24) is 10.2 Å². The van der Waals surface area contributed by atoms with Crippen LogP contribution < -0.4 is 10.1 Å². The van der Waals surface area contributed by atoms with Crippen molar-refractivity contribution in [1.29, 1.82) is 0 Å². The molecule has 1 heterocycles. The first kappa shape index (κ1) is 21.6. The number of benzene rings is 3. The summed E-state index contributed by atoms with van der Waals surface area (Å²) in [5.74, 6) is -0.593. The maximum Gasteiger partial charge on any atom is 0.293 e. The number of imide groups is 1. The van der Waals surface area contributed by atoms with E-state index in [0.29, 0.717) is 11.3 Å². The van der Waals surface area contributed by atoms with Gasteiger partial charge in [0.1, 0.15) is 11.6 Å². The Labute approximate surface area is 188 Å². The van der Waals surface area contributed by atoms with Gasteiger partial charge in [0, 0.05) is 13.1 Å². The molecule has 4 rings (SSSR count). The van der Waals surface area contributed by atoms with Crippen LogP contribution in [0.3, 0.4) is 0 Å². The van der Waals surface area contributed by atoms with E-state index in [9.17, 15) is 18.8 Å². The smallest absolute Gasteiger partial charge is 0.293 e. The molecule has 6 nitrogen and oxygen atoms in total. The minimum Gasteiger partial charge on any atom is -0.484 e. The molecule has 0 aromatic heterocycles. The Balaban J connectivity index is 1.26. The highest BCUT2D eigenvalue weighted by atomic mass is 32.2. The third-order valence-electron chi connectivity index (χ3n) is 4.79. The average molecular weight is 450 g/mol. The zero-order valence-corrected chi connectivity index (χ0v) is 17.7. The minimum atomic E-state index is -0.439. The van der Waals surface area contributed by atoms with E-state index >= 15 is 0 Å². The van der Waals surface area contributed by atoms with Crippen LogP contribution in [0.1, 0.15) is 5.56 Å². The average Bonchev–Trinajstić information content (AvgIpc) is 3.06. The predicted molar refractivity (Wildman–Crippen MR) is 122 cm³/mol. The molecule has 3 amide bonds. The van der Waals surface area contributed by atoms with Crippen LogP contribution in [-0.4, -0.2) is 41.6 Å². The van der Waals surface area contributed by atoms with Crippen LogP contribution in [0.25, 0.3) is 16.8 Å². The Bertz CT molecular complexity index is 1210. The van der Waals surface area contributed by atoms with Crippen LogP contribution >= 0.6 is 11.8 Å². The number of carbonyl (C=O) groups is 3. The number of rotatable bonds is 7. The van der Waals surface area contributed by atoms with E-state index in [0.717, 1.165) is 27.4 Å². The van der Waals surface area contributed by atoms with Gasteiger partial charge in [-0.15, -0.1) is 0 Å². The zero-order chi connectivity index (χ0) is 22.5. The second-order valence-electron chi connectivity index (χ2n) is 7.03. The number of hydrogen-bond donors (Lipinski definition) is 1. The molecule has 1 N–H and O–H groups in total. The van der Waals surface area contributed by atoms with Crippen molar-refractivity contribution in [2.24, 2.45) is 0 Å². The number of carbonyl (C=O) groups excluding carboxylic acids is 3. The molecule has 0 unspecified atom stereocenters. The second-order valence-corrected chi connectivity index (χ2v) is 8.03. The maximum absolute atomic E-state index is 13.0. The fraction of sp³-hybridized carbons (Fsp3) is 0.125. The Morgan fingerprint density at radius 2 is 1.78 bits per heavy atom. The molecule has 0 atom stereocenters. The standard InChI is InChI=1S/C24H19FN2O4S/c25-19-8-5-16(6-9-19)13-21-23(29)27(24(30)32-21)12-11-26-22(28)15-31-20-10-7-17-3-1-2-4-18(17)14-20/h1-10,13-14H,11-12,15H2,(H,26,28)/b21-13-. The molecule has 0 spiro atoms. The van der Waals surface area contributed by atoms with Crippen molar-refractivity contribution in [2.45, 2.75) is 0 Å². The molecule has 1 aliphatic rings. The van der Waals surface area contributed by atoms with Gasteiger partial charge in [-0.2, -0.15) is 0 Å². The third kappa shape index (κ3) is 5.15. The predicted octanol–water partition coefficient (Wildman–Crippen LogP) is 4.21. The van der Waals surface area contributed by atoms with Gasteiger partial charge in [-0.05, 0) is 58.4 Å². The van der Waals surface area contributed by atoms with E-state index in [-0.39, 0.29) is 36.3 Å². The molecule has 8 heteroatoms. The van der Waals surface area contributed by atoms with Crippen LogP contribution in [0.2, 0.25) is 0 Å². The summed E-state index contributed by atoms with van der Waals surface area (Å²) in [4.78, 5) is 38.1. The zero-order valence-electron chi connectivity index (χ0n) is 16.9. The molecular weight excluding hydrogens is 431 g/mol. The SMILES string of the molecule is O=C(COc1ccc2ccccc2c1)NCCN1C(=O)S/C(=C\c2ccc(F)cc2)C1=O. The van der Waals surface area contributed by atoms with E-state index in [4.69, 9.17) is 4.74 Å². The molecule has 3 aromatic carbocycles. The van der Waals surface area contributed by atoms with Crippen molar-refractivity contribution >= 4 is 45.7 Å². The topological polar surface area (TPSA) is 75.7 Å². The van der Waals surface area contributed by atoms with Crippen LogP contribution in [-0.2, 0) is 9.59 Å². The van der Waals surface area contributed by atoms with Gasteiger partial charge in [-0.3, -0.25) is 19.3 Å². The molecule has 1 fully saturated rings. The Hall–Kier alpha value is -3.65. The van der Waals surface area contributed by atoms with Crippen LogP contribution in [0.5, 0.6) is 5.75 Å². The lowest BCUT2D eigenvalue weighted by molar-refractivity contribution is -0.125. The number of nitrogens with zero attached hydrogens (tertiary/aromatic N) is 1. The lowest BCUT2D eigenvalue weighted by atomic mass is 10.1. The number of thioether (sulfide) groups is 1. The fourth-order valence-electron chi connectivity index (χ4n) is 3.17. The Kier molecular flexibility index (Phi) is 6.51. The minimum absolute atomic E-state index is 0.0487. The summed E-state index contributed by atoms with van der Waals surface area (Å²) in [6.07, 6.45) is 1.54. The normalized spacial score (nSPS) is 14.9. The summed E-state index contributed by atoms with van der Waals surface area (Å²) in [5, 5.41) is 4.33. The van der Waals surface area contributed by atoms with Crippen LogP contribution in [0.15, 0.2) is 71.6 Å². The van der Waals surface area contributed by atoms with E-state index in [1.807, 2.05) is 36.4 Å². The van der Waals surface area contributed by atoms with Gasteiger partial charge >= 0.3 is 0 Å². The summed E-state index contributed by atoms with van der Waals surface area (Å²) in [7, 11) is 0. The first-order valence-corrected chi connectivity index (χ1v) is 10.7. The molecule has 0 saturated carbocycles. The summed E-state index contributed by atoms with van der Waals surface area (Å²) in [6, 6.07) is 19.0. The van der Waals surface area contributed by atoms with Crippen LogP contribution in [0, 0.1) is 5.82 Å². The van der Waals surface area contributed by atoms with Crippen LogP contribution in [0.4, 0.5) is 9.18 Å². The van der Waals surface area contributed by atoms with Crippen molar-refractivity contribution < 1.29 is 23.5 Å². The second kappa shape index (κ2) is 9.65. The number of fused-ring (bicyclic) bond motifs is 1. The van der Waals surface area contributed by atoms with Crippen molar-refractivity contribution in [3.05, 3.63) is 83.0 Å². The van der Waals surface area contributed by atoms with Gasteiger partial charge in [0.2, 0.25) is 0 Å². The van der Waals surface area contributed by atoms with E-state index in [2.05, 4.69) is 5.32 Å². The lowest BCUT2D eigenvalue weighted by Gasteiger charge is -2.13. The van der Waals surface area contributed by atoms with Crippen molar-refractivity contribution in [3.8, 4) is 5.75 Å². The van der Waals surface area contributed by atoms with E-state index in [1.165, 1.54) is 24.3 Å². The van der Waals surface area contributed by atoms with Gasteiger partial charge < -0.3 is 10.1 Å². The summed E-state index contributed by atoms with van der Waals surface area (Å²) >= 11 is 0.815. The Morgan fingerprint density at radius 1 is 1.03 bits per heavy atom. The van der Waals surface area contributed by atoms with Gasteiger partial charge in [0.25, 0.3) is 17.1 Å². The number of nitrogens with one attached hydrogen (secondary N) is 1. The fourth-order valence-corrected chi connectivity index (χ4v) is 4.03. The first-order chi connectivity index (χ1) is 15.5. The molecule has 1 aliphatic heterocycles.